The first-order chi connectivity index (χ1) is 20.9. The van der Waals surface area contributed by atoms with Crippen LogP contribution in [0.15, 0.2) is 131 Å². The molecule has 5 aromatic rings. The van der Waals surface area contributed by atoms with Gasteiger partial charge in [0.15, 0.2) is 5.13 Å². The smallest absolute Gasteiger partial charge is 0.272 e. The Hall–Kier alpha value is -4.99. The predicted molar refractivity (Wildman–Crippen MR) is 174 cm³/mol. The minimum atomic E-state index is -0.560. The molecule has 0 fully saturated rings. The molecule has 0 aliphatic carbocycles. The van der Waals surface area contributed by atoms with Gasteiger partial charge in [0, 0.05) is 21.5 Å². The van der Waals surface area contributed by atoms with E-state index in [1.54, 1.807) is 42.5 Å². The summed E-state index contributed by atoms with van der Waals surface area (Å²) in [5.41, 5.74) is 3.49. The number of anilines is 2. The summed E-state index contributed by atoms with van der Waals surface area (Å²) in [6.07, 6.45) is 1.63. The molecule has 1 atom stereocenters. The van der Waals surface area contributed by atoms with E-state index in [1.807, 2.05) is 91.2 Å². The van der Waals surface area contributed by atoms with E-state index in [0.29, 0.717) is 16.4 Å². The molecule has 0 radical (unpaired) electrons. The van der Waals surface area contributed by atoms with Gasteiger partial charge in [-0.2, -0.15) is 0 Å². The molecule has 3 amide bonds. The Morgan fingerprint density at radius 3 is 2.16 bits per heavy atom. The van der Waals surface area contributed by atoms with E-state index in [0.717, 1.165) is 21.7 Å². The number of benzene rings is 4. The average Bonchev–Trinajstić information content (AvgIpc) is 3.45. The Morgan fingerprint density at radius 2 is 1.49 bits per heavy atom. The summed E-state index contributed by atoms with van der Waals surface area (Å²) < 4.78 is 0. The molecule has 0 spiro atoms. The minimum absolute atomic E-state index is 0.0957. The second-order valence-electron chi connectivity index (χ2n) is 9.46. The van der Waals surface area contributed by atoms with Crippen LogP contribution in [0.25, 0.3) is 6.08 Å². The van der Waals surface area contributed by atoms with Gasteiger partial charge in [0.25, 0.3) is 11.8 Å². The van der Waals surface area contributed by atoms with E-state index in [-0.39, 0.29) is 11.6 Å². The summed E-state index contributed by atoms with van der Waals surface area (Å²) in [5.74, 6) is -1.07. The Kier molecular flexibility index (Phi) is 9.78. The van der Waals surface area contributed by atoms with Crippen LogP contribution in [0.2, 0.25) is 0 Å². The fraction of sp³-hybridized carbons (Fsp3) is 0.0588. The van der Waals surface area contributed by atoms with Crippen molar-refractivity contribution in [3.8, 4) is 0 Å². The third-order valence-electron chi connectivity index (χ3n) is 6.17. The number of thioether (sulfide) groups is 1. The van der Waals surface area contributed by atoms with Gasteiger partial charge in [-0.05, 0) is 54.5 Å². The molecule has 214 valence electrons. The molecule has 0 aliphatic rings. The van der Waals surface area contributed by atoms with Crippen molar-refractivity contribution in [2.24, 2.45) is 0 Å². The third kappa shape index (κ3) is 8.28. The lowest BCUT2D eigenvalue weighted by Gasteiger charge is -2.17. The van der Waals surface area contributed by atoms with Gasteiger partial charge in [-0.3, -0.25) is 14.4 Å². The monoisotopic (exact) mass is 604 g/mol. The first-order valence-electron chi connectivity index (χ1n) is 13.4. The van der Waals surface area contributed by atoms with Crippen molar-refractivity contribution in [2.45, 2.75) is 17.1 Å². The standard InChI is InChI=1S/C34H28N4O3S2/c1-23-22-42-34(35-23)38-33(41)30(25-14-7-3-8-15-25)43-28-19-11-18-27(21-28)36-32(40)29(20-24-12-5-2-6-13-24)37-31(39)26-16-9-4-10-17-26/h2-22,30H,1H3,(H,36,40)(H,37,39)(H,35,38,41)/b29-20-. The lowest BCUT2D eigenvalue weighted by Crippen LogP contribution is -2.30. The molecule has 1 heterocycles. The minimum Gasteiger partial charge on any atom is -0.321 e. The van der Waals surface area contributed by atoms with Crippen LogP contribution in [0.3, 0.4) is 0 Å². The fourth-order valence-corrected chi connectivity index (χ4v) is 5.90. The second kappa shape index (κ2) is 14.3. The summed E-state index contributed by atoms with van der Waals surface area (Å²) >= 11 is 2.74. The molecule has 9 heteroatoms. The molecular formula is C34H28N4O3S2. The van der Waals surface area contributed by atoms with Crippen LogP contribution in [0.4, 0.5) is 10.8 Å². The number of aromatic nitrogens is 1. The molecule has 7 nitrogen and oxygen atoms in total. The highest BCUT2D eigenvalue weighted by Gasteiger charge is 2.23. The van der Waals surface area contributed by atoms with Gasteiger partial charge >= 0.3 is 0 Å². The maximum absolute atomic E-state index is 13.5. The summed E-state index contributed by atoms with van der Waals surface area (Å²) in [4.78, 5) is 44.9. The van der Waals surface area contributed by atoms with E-state index < -0.39 is 17.1 Å². The number of amides is 3. The van der Waals surface area contributed by atoms with E-state index in [2.05, 4.69) is 20.9 Å². The summed E-state index contributed by atoms with van der Waals surface area (Å²) in [6.45, 7) is 1.88. The average molecular weight is 605 g/mol. The quantitative estimate of drug-likeness (QED) is 0.114. The zero-order chi connectivity index (χ0) is 30.0. The van der Waals surface area contributed by atoms with Crippen molar-refractivity contribution in [1.82, 2.24) is 10.3 Å². The van der Waals surface area contributed by atoms with Crippen molar-refractivity contribution < 1.29 is 14.4 Å². The zero-order valence-corrected chi connectivity index (χ0v) is 24.8. The van der Waals surface area contributed by atoms with Gasteiger partial charge in [-0.25, -0.2) is 4.98 Å². The van der Waals surface area contributed by atoms with Crippen LogP contribution in [-0.2, 0) is 9.59 Å². The van der Waals surface area contributed by atoms with Gasteiger partial charge < -0.3 is 16.0 Å². The lowest BCUT2D eigenvalue weighted by atomic mass is 10.1. The Balaban J connectivity index is 1.36. The molecule has 0 bridgehead atoms. The molecular weight excluding hydrogens is 577 g/mol. The summed E-state index contributed by atoms with van der Waals surface area (Å²) in [5, 5.41) is 10.5. The van der Waals surface area contributed by atoms with Crippen molar-refractivity contribution in [3.63, 3.8) is 0 Å². The fourth-order valence-electron chi connectivity index (χ4n) is 4.12. The van der Waals surface area contributed by atoms with Gasteiger partial charge in [0.1, 0.15) is 10.9 Å². The number of carbonyl (C=O) groups is 3. The number of aryl methyl sites for hydroxylation is 1. The van der Waals surface area contributed by atoms with Gasteiger partial charge in [0.2, 0.25) is 5.91 Å². The lowest BCUT2D eigenvalue weighted by molar-refractivity contribution is -0.116. The van der Waals surface area contributed by atoms with Crippen molar-refractivity contribution in [3.05, 3.63) is 149 Å². The highest BCUT2D eigenvalue weighted by molar-refractivity contribution is 8.00. The molecule has 4 aromatic carbocycles. The molecule has 3 N–H and O–H groups in total. The van der Waals surface area contributed by atoms with Gasteiger partial charge in [-0.15, -0.1) is 23.1 Å². The van der Waals surface area contributed by atoms with Crippen molar-refractivity contribution in [2.75, 3.05) is 10.6 Å². The van der Waals surface area contributed by atoms with Crippen molar-refractivity contribution >= 4 is 57.7 Å². The number of nitrogens with one attached hydrogen (secondary N) is 3. The Bertz CT molecular complexity index is 1740. The van der Waals surface area contributed by atoms with E-state index in [1.165, 1.54) is 23.1 Å². The highest BCUT2D eigenvalue weighted by atomic mass is 32.2. The molecule has 1 unspecified atom stereocenters. The van der Waals surface area contributed by atoms with Gasteiger partial charge in [-0.1, -0.05) is 84.9 Å². The normalized spacial score (nSPS) is 11.8. The predicted octanol–water partition coefficient (Wildman–Crippen LogP) is 7.33. The number of hydrogen-bond acceptors (Lipinski definition) is 6. The highest BCUT2D eigenvalue weighted by Crippen LogP contribution is 2.37. The molecule has 0 aliphatic heterocycles. The maximum Gasteiger partial charge on any atom is 0.272 e. The molecule has 0 saturated heterocycles. The summed E-state index contributed by atoms with van der Waals surface area (Å²) in [6, 6.07) is 34.8. The van der Waals surface area contributed by atoms with Crippen LogP contribution in [-0.4, -0.2) is 22.7 Å². The first kappa shape index (κ1) is 29.5. The van der Waals surface area contributed by atoms with E-state index in [4.69, 9.17) is 0 Å². The Labute approximate surface area is 258 Å². The molecule has 1 aromatic heterocycles. The topological polar surface area (TPSA) is 100 Å². The number of rotatable bonds is 10. The van der Waals surface area contributed by atoms with Crippen LogP contribution in [0.5, 0.6) is 0 Å². The maximum atomic E-state index is 13.5. The summed E-state index contributed by atoms with van der Waals surface area (Å²) in [7, 11) is 0. The van der Waals surface area contributed by atoms with Crippen LogP contribution < -0.4 is 16.0 Å². The van der Waals surface area contributed by atoms with Crippen LogP contribution in [0.1, 0.15) is 32.4 Å². The van der Waals surface area contributed by atoms with Gasteiger partial charge in [0.05, 0.1) is 5.69 Å². The zero-order valence-electron chi connectivity index (χ0n) is 23.2. The second-order valence-corrected chi connectivity index (χ2v) is 11.5. The number of thiazole rings is 1. The van der Waals surface area contributed by atoms with E-state index in [9.17, 15) is 14.4 Å². The van der Waals surface area contributed by atoms with E-state index >= 15 is 0 Å². The van der Waals surface area contributed by atoms with Crippen LogP contribution >= 0.6 is 23.1 Å². The first-order valence-corrected chi connectivity index (χ1v) is 15.2. The number of hydrogen-bond donors (Lipinski definition) is 3. The molecule has 43 heavy (non-hydrogen) atoms. The largest absolute Gasteiger partial charge is 0.321 e. The van der Waals surface area contributed by atoms with Crippen molar-refractivity contribution in [1.29, 1.82) is 0 Å². The Morgan fingerprint density at radius 1 is 0.814 bits per heavy atom. The number of nitrogens with zero attached hydrogens (tertiary/aromatic N) is 1. The number of carbonyl (C=O) groups excluding carboxylic acids is 3. The SMILES string of the molecule is Cc1csc(NC(=O)C(Sc2cccc(NC(=O)/C(=C/c3ccccc3)NC(=O)c3ccccc3)c2)c2ccccc2)n1. The molecule has 5 rings (SSSR count). The third-order valence-corrected chi connectivity index (χ3v) is 8.30. The van der Waals surface area contributed by atoms with Crippen LogP contribution in [0, 0.1) is 6.92 Å². The molecule has 0 saturated carbocycles.